The van der Waals surface area contributed by atoms with Crippen LogP contribution in [0.4, 0.5) is 5.82 Å². The van der Waals surface area contributed by atoms with Crippen molar-refractivity contribution < 1.29 is 4.79 Å². The normalized spacial score (nSPS) is 10.3. The number of carbonyl (C=O) groups is 1. The fourth-order valence-corrected chi connectivity index (χ4v) is 2.42. The molecule has 0 aliphatic rings. The molecule has 1 aromatic heterocycles. The average Bonchev–Trinajstić information content (AvgIpc) is 2.36. The number of aromatic nitrogens is 2. The van der Waals surface area contributed by atoms with Crippen molar-refractivity contribution in [2.75, 3.05) is 5.32 Å². The summed E-state index contributed by atoms with van der Waals surface area (Å²) in [6, 6.07) is 5.07. The lowest BCUT2D eigenvalue weighted by molar-refractivity contribution is 0.102. The molecule has 0 saturated carbocycles. The van der Waals surface area contributed by atoms with Crippen LogP contribution in [0.15, 0.2) is 33.6 Å². The minimum Gasteiger partial charge on any atom is -0.304 e. The second-order valence-corrected chi connectivity index (χ2v) is 5.72. The first-order valence-corrected chi connectivity index (χ1v) is 7.19. The molecule has 0 atom stereocenters. The van der Waals surface area contributed by atoms with Crippen LogP contribution in [0, 0.1) is 6.92 Å². The number of amides is 1. The molecule has 0 aliphatic heterocycles. The molecule has 1 N–H and O–H groups in total. The van der Waals surface area contributed by atoms with Crippen LogP contribution >= 0.6 is 43.5 Å². The molecule has 1 amide bonds. The third-order valence-corrected chi connectivity index (χ3v) is 3.71. The standard InChI is InChI=1S/C12H8Br2ClN3O/c1-6-4-7(2-3-8(6)15)12(19)18-11-10(14)17-9(13)5-16-11/h2-5H,1H3,(H,16,18,19). The third-order valence-electron chi connectivity index (χ3n) is 2.35. The third kappa shape index (κ3) is 3.52. The van der Waals surface area contributed by atoms with Gasteiger partial charge in [-0.1, -0.05) is 11.6 Å². The molecule has 0 fully saturated rings. The van der Waals surface area contributed by atoms with Crippen LogP contribution in [0.1, 0.15) is 15.9 Å². The number of anilines is 1. The maximum Gasteiger partial charge on any atom is 0.256 e. The Hall–Kier alpha value is -0.980. The summed E-state index contributed by atoms with van der Waals surface area (Å²) < 4.78 is 1.04. The summed E-state index contributed by atoms with van der Waals surface area (Å²) >= 11 is 12.4. The Morgan fingerprint density at radius 1 is 1.37 bits per heavy atom. The second-order valence-electron chi connectivity index (χ2n) is 3.75. The Labute approximate surface area is 131 Å². The zero-order valence-electron chi connectivity index (χ0n) is 9.75. The van der Waals surface area contributed by atoms with Crippen molar-refractivity contribution in [1.29, 1.82) is 0 Å². The van der Waals surface area contributed by atoms with E-state index in [1.165, 1.54) is 6.20 Å². The Bertz CT molecular complexity index is 649. The van der Waals surface area contributed by atoms with Gasteiger partial charge in [0, 0.05) is 10.6 Å². The largest absolute Gasteiger partial charge is 0.304 e. The Morgan fingerprint density at radius 2 is 2.11 bits per heavy atom. The summed E-state index contributed by atoms with van der Waals surface area (Å²) in [5.41, 5.74) is 1.36. The monoisotopic (exact) mass is 403 g/mol. The lowest BCUT2D eigenvalue weighted by Crippen LogP contribution is -2.14. The maximum absolute atomic E-state index is 12.1. The molecule has 0 bridgehead atoms. The van der Waals surface area contributed by atoms with E-state index in [1.54, 1.807) is 18.2 Å². The molecule has 0 saturated heterocycles. The fourth-order valence-electron chi connectivity index (χ4n) is 1.40. The Morgan fingerprint density at radius 3 is 2.74 bits per heavy atom. The van der Waals surface area contributed by atoms with E-state index in [9.17, 15) is 4.79 Å². The number of rotatable bonds is 2. The zero-order chi connectivity index (χ0) is 14.0. The van der Waals surface area contributed by atoms with Crippen molar-refractivity contribution in [3.8, 4) is 0 Å². The van der Waals surface area contributed by atoms with Crippen molar-refractivity contribution in [1.82, 2.24) is 9.97 Å². The summed E-state index contributed by atoms with van der Waals surface area (Å²) in [6.07, 6.45) is 1.51. The number of nitrogens with zero attached hydrogens (tertiary/aromatic N) is 2. The molecule has 0 spiro atoms. The van der Waals surface area contributed by atoms with E-state index >= 15 is 0 Å². The van der Waals surface area contributed by atoms with Gasteiger partial charge < -0.3 is 5.32 Å². The molecule has 0 aliphatic carbocycles. The SMILES string of the molecule is Cc1cc(C(=O)Nc2ncc(Br)nc2Br)ccc1Cl. The molecule has 98 valence electrons. The zero-order valence-corrected chi connectivity index (χ0v) is 13.7. The van der Waals surface area contributed by atoms with Gasteiger partial charge in [-0.3, -0.25) is 4.79 Å². The first-order chi connectivity index (χ1) is 8.97. The van der Waals surface area contributed by atoms with Crippen molar-refractivity contribution in [2.45, 2.75) is 6.92 Å². The van der Waals surface area contributed by atoms with E-state index in [-0.39, 0.29) is 5.91 Å². The molecule has 2 rings (SSSR count). The van der Waals surface area contributed by atoms with Crippen molar-refractivity contribution >= 4 is 55.2 Å². The molecular formula is C12H8Br2ClN3O. The highest BCUT2D eigenvalue weighted by Crippen LogP contribution is 2.21. The van der Waals surface area contributed by atoms with E-state index in [0.29, 0.717) is 25.6 Å². The van der Waals surface area contributed by atoms with Gasteiger partial charge in [0.05, 0.1) is 6.20 Å². The number of benzene rings is 1. The number of carbonyl (C=O) groups excluding carboxylic acids is 1. The summed E-state index contributed by atoms with van der Waals surface area (Å²) in [7, 11) is 0. The van der Waals surface area contributed by atoms with Crippen LogP contribution in [0.2, 0.25) is 5.02 Å². The second kappa shape index (κ2) is 5.98. The summed E-state index contributed by atoms with van der Waals surface area (Å²) in [5, 5.41) is 3.30. The van der Waals surface area contributed by atoms with E-state index in [4.69, 9.17) is 11.6 Å². The number of hydrogen-bond donors (Lipinski definition) is 1. The van der Waals surface area contributed by atoms with Crippen LogP contribution in [-0.2, 0) is 0 Å². The molecule has 1 heterocycles. The predicted octanol–water partition coefficient (Wildman–Crippen LogP) is 4.22. The Kier molecular flexibility index (Phi) is 4.54. The topological polar surface area (TPSA) is 54.9 Å². The molecule has 0 unspecified atom stereocenters. The van der Waals surface area contributed by atoms with E-state index in [2.05, 4.69) is 47.1 Å². The molecular weight excluding hydrogens is 397 g/mol. The maximum atomic E-state index is 12.1. The summed E-state index contributed by atoms with van der Waals surface area (Å²) in [6.45, 7) is 1.84. The highest BCUT2D eigenvalue weighted by molar-refractivity contribution is 9.11. The lowest BCUT2D eigenvalue weighted by Gasteiger charge is -2.07. The van der Waals surface area contributed by atoms with Gasteiger partial charge in [-0.2, -0.15) is 0 Å². The summed E-state index contributed by atoms with van der Waals surface area (Å²) in [4.78, 5) is 20.2. The van der Waals surface area contributed by atoms with E-state index in [0.717, 1.165) is 5.56 Å². The van der Waals surface area contributed by atoms with Crippen LogP contribution in [-0.4, -0.2) is 15.9 Å². The molecule has 7 heteroatoms. The lowest BCUT2D eigenvalue weighted by atomic mass is 10.1. The van der Waals surface area contributed by atoms with Crippen LogP contribution in [0.5, 0.6) is 0 Å². The molecule has 0 radical (unpaired) electrons. The fraction of sp³-hybridized carbons (Fsp3) is 0.0833. The van der Waals surface area contributed by atoms with Gasteiger partial charge in [0.25, 0.3) is 5.91 Å². The van der Waals surface area contributed by atoms with E-state index in [1.807, 2.05) is 6.92 Å². The quantitative estimate of drug-likeness (QED) is 0.814. The van der Waals surface area contributed by atoms with Crippen LogP contribution < -0.4 is 5.32 Å². The Balaban J connectivity index is 2.23. The smallest absolute Gasteiger partial charge is 0.256 e. The minimum atomic E-state index is -0.267. The first-order valence-electron chi connectivity index (χ1n) is 5.23. The van der Waals surface area contributed by atoms with Gasteiger partial charge in [-0.05, 0) is 62.5 Å². The highest BCUT2D eigenvalue weighted by atomic mass is 79.9. The number of aryl methyl sites for hydroxylation is 1. The molecule has 4 nitrogen and oxygen atoms in total. The van der Waals surface area contributed by atoms with Gasteiger partial charge in [0.2, 0.25) is 0 Å². The van der Waals surface area contributed by atoms with Gasteiger partial charge in [0.15, 0.2) is 5.82 Å². The average molecular weight is 405 g/mol. The van der Waals surface area contributed by atoms with Gasteiger partial charge in [-0.15, -0.1) is 0 Å². The van der Waals surface area contributed by atoms with Gasteiger partial charge in [0.1, 0.15) is 9.21 Å². The van der Waals surface area contributed by atoms with Gasteiger partial charge in [-0.25, -0.2) is 9.97 Å². The van der Waals surface area contributed by atoms with Gasteiger partial charge >= 0.3 is 0 Å². The van der Waals surface area contributed by atoms with E-state index < -0.39 is 0 Å². The number of nitrogens with one attached hydrogen (secondary N) is 1. The van der Waals surface area contributed by atoms with Crippen molar-refractivity contribution in [3.63, 3.8) is 0 Å². The molecule has 2 aromatic rings. The van der Waals surface area contributed by atoms with Crippen molar-refractivity contribution in [2.24, 2.45) is 0 Å². The summed E-state index contributed by atoms with van der Waals surface area (Å²) in [5.74, 6) is 0.0953. The van der Waals surface area contributed by atoms with Crippen LogP contribution in [0.25, 0.3) is 0 Å². The van der Waals surface area contributed by atoms with Crippen LogP contribution in [0.3, 0.4) is 0 Å². The highest BCUT2D eigenvalue weighted by Gasteiger charge is 2.11. The first kappa shape index (κ1) is 14.4. The molecule has 1 aromatic carbocycles. The molecule has 19 heavy (non-hydrogen) atoms. The van der Waals surface area contributed by atoms with Crippen molar-refractivity contribution in [3.05, 3.63) is 49.8 Å². The minimum absolute atomic E-state index is 0.267. The number of halogens is 3. The predicted molar refractivity (Wildman–Crippen MR) is 81.6 cm³/mol. The number of hydrogen-bond acceptors (Lipinski definition) is 3.